The third-order valence-electron chi connectivity index (χ3n) is 2.41. The van der Waals surface area contributed by atoms with Crippen LogP contribution >= 0.6 is 0 Å². The summed E-state index contributed by atoms with van der Waals surface area (Å²) in [4.78, 5) is 22.6. The summed E-state index contributed by atoms with van der Waals surface area (Å²) in [5.74, 6) is -0.737. The lowest BCUT2D eigenvalue weighted by atomic mass is 9.96. The van der Waals surface area contributed by atoms with Gasteiger partial charge in [-0.15, -0.1) is 0 Å². The molecule has 0 radical (unpaired) electrons. The van der Waals surface area contributed by atoms with Crippen LogP contribution in [-0.4, -0.2) is 17.9 Å². The number of hydrogen-bond donors (Lipinski definition) is 0. The maximum Gasteiger partial charge on any atom is 0.316 e. The van der Waals surface area contributed by atoms with Crippen molar-refractivity contribution in [2.75, 3.05) is 0 Å². The number of ketones is 1. The Bertz CT molecular complexity index is 210. The van der Waals surface area contributed by atoms with E-state index in [-0.39, 0.29) is 17.9 Å². The number of ether oxygens (including phenoxy) is 1. The Labute approximate surface area is 78.5 Å². The van der Waals surface area contributed by atoms with E-state index < -0.39 is 5.92 Å². The van der Waals surface area contributed by atoms with Crippen molar-refractivity contribution < 1.29 is 14.3 Å². The first kappa shape index (κ1) is 10.2. The van der Waals surface area contributed by atoms with Gasteiger partial charge in [-0.2, -0.15) is 0 Å². The number of esters is 1. The molecule has 0 saturated carbocycles. The van der Waals surface area contributed by atoms with E-state index in [0.29, 0.717) is 12.8 Å². The van der Waals surface area contributed by atoms with Crippen LogP contribution in [0.15, 0.2) is 0 Å². The number of rotatable bonds is 4. The lowest BCUT2D eigenvalue weighted by molar-refractivity contribution is -0.146. The van der Waals surface area contributed by atoms with E-state index in [0.717, 1.165) is 12.8 Å². The van der Waals surface area contributed by atoms with Crippen LogP contribution in [-0.2, 0) is 14.3 Å². The lowest BCUT2D eigenvalue weighted by Crippen LogP contribution is -2.18. The summed E-state index contributed by atoms with van der Waals surface area (Å²) >= 11 is 0. The first-order valence-electron chi connectivity index (χ1n) is 4.92. The zero-order valence-electron chi connectivity index (χ0n) is 8.21. The van der Waals surface area contributed by atoms with Gasteiger partial charge in [0.2, 0.25) is 0 Å². The zero-order valence-corrected chi connectivity index (χ0v) is 8.21. The van der Waals surface area contributed by atoms with Crippen LogP contribution in [0.5, 0.6) is 0 Å². The highest BCUT2D eigenvalue weighted by Gasteiger charge is 2.37. The Morgan fingerprint density at radius 1 is 1.54 bits per heavy atom. The van der Waals surface area contributed by atoms with Gasteiger partial charge in [0.25, 0.3) is 0 Å². The molecule has 1 aliphatic heterocycles. The zero-order chi connectivity index (χ0) is 9.84. The van der Waals surface area contributed by atoms with Crippen molar-refractivity contribution in [1.82, 2.24) is 0 Å². The number of carbonyl (C=O) groups is 2. The average Bonchev–Trinajstić information content (AvgIpc) is 2.47. The summed E-state index contributed by atoms with van der Waals surface area (Å²) in [6, 6.07) is 0. The molecule has 3 heteroatoms. The van der Waals surface area contributed by atoms with Crippen molar-refractivity contribution >= 4 is 11.8 Å². The molecule has 2 unspecified atom stereocenters. The van der Waals surface area contributed by atoms with Crippen LogP contribution < -0.4 is 0 Å². The summed E-state index contributed by atoms with van der Waals surface area (Å²) in [7, 11) is 0. The number of hydrogen-bond acceptors (Lipinski definition) is 3. The molecule has 2 atom stereocenters. The minimum Gasteiger partial charge on any atom is -0.462 e. The number of Topliss-reactive ketones (excluding diaryl/α,β-unsaturated/α-hetero) is 1. The van der Waals surface area contributed by atoms with E-state index in [1.54, 1.807) is 0 Å². The fraction of sp³-hybridized carbons (Fsp3) is 0.800. The van der Waals surface area contributed by atoms with E-state index in [4.69, 9.17) is 4.74 Å². The maximum absolute atomic E-state index is 11.4. The van der Waals surface area contributed by atoms with Crippen molar-refractivity contribution in [3.8, 4) is 0 Å². The van der Waals surface area contributed by atoms with Crippen LogP contribution in [0.4, 0.5) is 0 Å². The molecule has 74 valence electrons. The van der Waals surface area contributed by atoms with Gasteiger partial charge >= 0.3 is 5.97 Å². The molecular formula is C10H16O3. The fourth-order valence-corrected chi connectivity index (χ4v) is 1.59. The summed E-state index contributed by atoms with van der Waals surface area (Å²) in [6.07, 6.45) is 2.67. The summed E-state index contributed by atoms with van der Waals surface area (Å²) in [5, 5.41) is 0. The van der Waals surface area contributed by atoms with E-state index >= 15 is 0 Å². The predicted octanol–water partition coefficient (Wildman–Crippen LogP) is 1.70. The Hall–Kier alpha value is -0.860. The maximum atomic E-state index is 11.4. The number of cyclic esters (lactones) is 1. The van der Waals surface area contributed by atoms with Gasteiger partial charge in [0, 0.05) is 12.8 Å². The molecule has 1 saturated heterocycles. The summed E-state index contributed by atoms with van der Waals surface area (Å²) < 4.78 is 5.03. The van der Waals surface area contributed by atoms with E-state index in [9.17, 15) is 9.59 Å². The van der Waals surface area contributed by atoms with Gasteiger partial charge in [-0.1, -0.05) is 13.8 Å². The van der Waals surface area contributed by atoms with E-state index in [1.165, 1.54) is 0 Å². The highest BCUT2D eigenvalue weighted by Crippen LogP contribution is 2.25. The summed E-state index contributed by atoms with van der Waals surface area (Å²) in [5.41, 5.74) is 0. The largest absolute Gasteiger partial charge is 0.462 e. The van der Waals surface area contributed by atoms with Crippen LogP contribution in [0.2, 0.25) is 0 Å². The predicted molar refractivity (Wildman–Crippen MR) is 48.2 cm³/mol. The van der Waals surface area contributed by atoms with Gasteiger partial charge in [0.05, 0.1) is 0 Å². The van der Waals surface area contributed by atoms with Crippen LogP contribution in [0.25, 0.3) is 0 Å². The molecule has 0 aromatic carbocycles. The SMILES string of the molecule is CCCC(=O)C1CC(CC)OC1=O. The molecule has 1 heterocycles. The van der Waals surface area contributed by atoms with Crippen molar-refractivity contribution in [3.63, 3.8) is 0 Å². The molecule has 1 aliphatic rings. The van der Waals surface area contributed by atoms with Gasteiger partial charge in [-0.05, 0) is 12.8 Å². The summed E-state index contributed by atoms with van der Waals surface area (Å²) in [6.45, 7) is 3.90. The molecule has 0 N–H and O–H groups in total. The Morgan fingerprint density at radius 3 is 2.69 bits per heavy atom. The van der Waals surface area contributed by atoms with Crippen LogP contribution in [0.3, 0.4) is 0 Å². The second-order valence-corrected chi connectivity index (χ2v) is 3.47. The monoisotopic (exact) mass is 184 g/mol. The standard InChI is InChI=1S/C10H16O3/c1-3-5-9(11)8-6-7(4-2)13-10(8)12/h7-8H,3-6H2,1-2H3. The van der Waals surface area contributed by atoms with Crippen molar-refractivity contribution in [1.29, 1.82) is 0 Å². The molecule has 0 bridgehead atoms. The van der Waals surface area contributed by atoms with Gasteiger partial charge < -0.3 is 4.74 Å². The second kappa shape index (κ2) is 4.40. The first-order valence-corrected chi connectivity index (χ1v) is 4.92. The van der Waals surface area contributed by atoms with Crippen molar-refractivity contribution in [2.24, 2.45) is 5.92 Å². The molecule has 1 rings (SSSR count). The van der Waals surface area contributed by atoms with Crippen LogP contribution in [0, 0.1) is 5.92 Å². The molecule has 0 aliphatic carbocycles. The topological polar surface area (TPSA) is 43.4 Å². The molecule has 0 aromatic heterocycles. The first-order chi connectivity index (χ1) is 6.19. The van der Waals surface area contributed by atoms with Gasteiger partial charge in [0.1, 0.15) is 17.8 Å². The van der Waals surface area contributed by atoms with Crippen molar-refractivity contribution in [2.45, 2.75) is 45.6 Å². The van der Waals surface area contributed by atoms with Gasteiger partial charge in [-0.25, -0.2) is 0 Å². The van der Waals surface area contributed by atoms with Crippen LogP contribution in [0.1, 0.15) is 39.5 Å². The molecule has 0 spiro atoms. The minimum atomic E-state index is -0.468. The van der Waals surface area contributed by atoms with Gasteiger partial charge in [0.15, 0.2) is 0 Å². The lowest BCUT2D eigenvalue weighted by Gasteiger charge is -2.02. The molecule has 13 heavy (non-hydrogen) atoms. The average molecular weight is 184 g/mol. The third-order valence-corrected chi connectivity index (χ3v) is 2.41. The fourth-order valence-electron chi connectivity index (χ4n) is 1.59. The normalized spacial score (nSPS) is 27.4. The molecule has 0 aromatic rings. The van der Waals surface area contributed by atoms with E-state index in [2.05, 4.69) is 0 Å². The number of carbonyl (C=O) groups excluding carboxylic acids is 2. The molecular weight excluding hydrogens is 168 g/mol. The Balaban J connectivity index is 2.52. The Morgan fingerprint density at radius 2 is 2.23 bits per heavy atom. The quantitative estimate of drug-likeness (QED) is 0.493. The molecule has 1 fully saturated rings. The van der Waals surface area contributed by atoms with Crippen molar-refractivity contribution in [3.05, 3.63) is 0 Å². The van der Waals surface area contributed by atoms with E-state index in [1.807, 2.05) is 13.8 Å². The Kier molecular flexibility index (Phi) is 3.46. The second-order valence-electron chi connectivity index (χ2n) is 3.47. The highest BCUT2D eigenvalue weighted by molar-refractivity contribution is 6.00. The molecule has 3 nitrogen and oxygen atoms in total. The smallest absolute Gasteiger partial charge is 0.316 e. The highest BCUT2D eigenvalue weighted by atomic mass is 16.6. The molecule has 0 amide bonds. The minimum absolute atomic E-state index is 0.0293. The third kappa shape index (κ3) is 2.29. The van der Waals surface area contributed by atoms with Gasteiger partial charge in [-0.3, -0.25) is 9.59 Å².